The van der Waals surface area contributed by atoms with Gasteiger partial charge in [-0.15, -0.1) is 0 Å². The number of nitro benzene ring substituents is 1. The van der Waals surface area contributed by atoms with Gasteiger partial charge in [0, 0.05) is 11.8 Å². The van der Waals surface area contributed by atoms with Crippen molar-refractivity contribution in [3.8, 4) is 0 Å². The normalized spacial score (nSPS) is 17.2. The van der Waals surface area contributed by atoms with Crippen molar-refractivity contribution < 1.29 is 9.72 Å². The number of nitrogens with one attached hydrogen (secondary N) is 2. The lowest BCUT2D eigenvalue weighted by molar-refractivity contribution is -0.385. The predicted molar refractivity (Wildman–Crippen MR) is 84.3 cm³/mol. The number of hydrogen-bond acceptors (Lipinski definition) is 4. The molecule has 2 rings (SSSR count). The third kappa shape index (κ3) is 3.41. The Bertz CT molecular complexity index is 556. The number of halogens is 1. The van der Waals surface area contributed by atoms with Gasteiger partial charge in [0.1, 0.15) is 0 Å². The third-order valence-electron chi connectivity index (χ3n) is 4.12. The molecule has 7 heteroatoms. The first-order valence-electron chi connectivity index (χ1n) is 6.94. The van der Waals surface area contributed by atoms with Crippen molar-refractivity contribution in [3.63, 3.8) is 0 Å². The van der Waals surface area contributed by atoms with Crippen LogP contribution in [0.4, 0.5) is 11.4 Å². The van der Waals surface area contributed by atoms with E-state index in [1.807, 2.05) is 6.92 Å². The van der Waals surface area contributed by atoms with E-state index in [2.05, 4.69) is 26.6 Å². The van der Waals surface area contributed by atoms with Crippen LogP contribution in [0, 0.1) is 15.5 Å². The van der Waals surface area contributed by atoms with Crippen LogP contribution >= 0.6 is 15.9 Å². The number of nitro groups is 1. The number of nitrogens with zero attached hydrogens (tertiary/aromatic N) is 1. The maximum Gasteiger partial charge on any atom is 0.285 e. The molecule has 0 spiro atoms. The summed E-state index contributed by atoms with van der Waals surface area (Å²) in [7, 11) is 0. The van der Waals surface area contributed by atoms with Gasteiger partial charge in [0.15, 0.2) is 0 Å². The van der Waals surface area contributed by atoms with Crippen molar-refractivity contribution in [2.45, 2.75) is 26.2 Å². The van der Waals surface area contributed by atoms with Crippen molar-refractivity contribution >= 4 is 33.2 Å². The molecule has 0 saturated carbocycles. The molecule has 6 nitrogen and oxygen atoms in total. The molecule has 0 bridgehead atoms. The van der Waals surface area contributed by atoms with Crippen molar-refractivity contribution in [2.24, 2.45) is 5.41 Å². The van der Waals surface area contributed by atoms with E-state index in [4.69, 9.17) is 0 Å². The maximum atomic E-state index is 12.6. The molecular weight excluding hydrogens is 338 g/mol. The molecule has 114 valence electrons. The topological polar surface area (TPSA) is 84.3 Å². The van der Waals surface area contributed by atoms with Crippen LogP contribution in [0.1, 0.15) is 26.2 Å². The highest BCUT2D eigenvalue weighted by atomic mass is 79.9. The van der Waals surface area contributed by atoms with Gasteiger partial charge in [-0.05, 0) is 60.4 Å². The molecule has 2 N–H and O–H groups in total. The van der Waals surface area contributed by atoms with Gasteiger partial charge in [-0.25, -0.2) is 0 Å². The molecule has 1 saturated heterocycles. The number of carbonyl (C=O) groups is 1. The fraction of sp³-hybridized carbons (Fsp3) is 0.500. The third-order valence-corrected chi connectivity index (χ3v) is 4.79. The average Bonchev–Trinajstić information content (AvgIpc) is 2.49. The van der Waals surface area contributed by atoms with Crippen molar-refractivity contribution in [3.05, 3.63) is 32.8 Å². The van der Waals surface area contributed by atoms with E-state index in [0.717, 1.165) is 32.4 Å². The monoisotopic (exact) mass is 355 g/mol. The van der Waals surface area contributed by atoms with Crippen LogP contribution in [-0.4, -0.2) is 23.9 Å². The summed E-state index contributed by atoms with van der Waals surface area (Å²) in [6.45, 7) is 3.65. The molecule has 1 heterocycles. The number of piperidine rings is 1. The molecular formula is C14H18BrN3O3. The van der Waals surface area contributed by atoms with Crippen LogP contribution < -0.4 is 10.6 Å². The van der Waals surface area contributed by atoms with Gasteiger partial charge >= 0.3 is 0 Å². The Morgan fingerprint density at radius 3 is 2.71 bits per heavy atom. The summed E-state index contributed by atoms with van der Waals surface area (Å²) in [5, 5.41) is 17.0. The van der Waals surface area contributed by atoms with Gasteiger partial charge in [-0.2, -0.15) is 0 Å². The van der Waals surface area contributed by atoms with E-state index in [1.54, 1.807) is 12.1 Å². The van der Waals surface area contributed by atoms with Crippen LogP contribution in [0.2, 0.25) is 0 Å². The smallest absolute Gasteiger partial charge is 0.285 e. The van der Waals surface area contributed by atoms with E-state index in [0.29, 0.717) is 10.2 Å². The molecule has 21 heavy (non-hydrogen) atoms. The minimum Gasteiger partial charge on any atom is -0.325 e. The first-order chi connectivity index (χ1) is 9.98. The second kappa shape index (κ2) is 6.53. The molecule has 0 unspecified atom stereocenters. The fourth-order valence-corrected chi connectivity index (χ4v) is 3.03. The lowest BCUT2D eigenvalue weighted by atomic mass is 9.76. The van der Waals surface area contributed by atoms with Gasteiger partial charge in [-0.1, -0.05) is 6.92 Å². The highest BCUT2D eigenvalue weighted by molar-refractivity contribution is 9.10. The summed E-state index contributed by atoms with van der Waals surface area (Å²) < 4.78 is 0.401. The summed E-state index contributed by atoms with van der Waals surface area (Å²) in [6, 6.07) is 4.63. The standard InChI is InChI=1S/C14H18BrN3O3/c1-2-14(5-7-16-8-6-14)13(19)17-10-3-4-11(15)12(9-10)18(20)21/h3-4,9,16H,2,5-8H2,1H3,(H,17,19). The van der Waals surface area contributed by atoms with E-state index >= 15 is 0 Å². The molecule has 1 amide bonds. The molecule has 0 radical (unpaired) electrons. The van der Waals surface area contributed by atoms with Gasteiger partial charge in [0.05, 0.1) is 14.8 Å². The molecule has 1 fully saturated rings. The molecule has 0 atom stereocenters. The zero-order valence-electron chi connectivity index (χ0n) is 11.8. The first kappa shape index (κ1) is 15.9. The van der Waals surface area contributed by atoms with Gasteiger partial charge in [0.2, 0.25) is 5.91 Å². The summed E-state index contributed by atoms with van der Waals surface area (Å²) in [4.78, 5) is 23.0. The molecule has 0 aliphatic carbocycles. The van der Waals surface area contributed by atoms with Crippen LogP contribution in [0.3, 0.4) is 0 Å². The Morgan fingerprint density at radius 2 is 2.14 bits per heavy atom. The van der Waals surface area contributed by atoms with Crippen LogP contribution in [0.25, 0.3) is 0 Å². The number of carbonyl (C=O) groups excluding carboxylic acids is 1. The molecule has 1 aliphatic heterocycles. The number of rotatable bonds is 4. The summed E-state index contributed by atoms with van der Waals surface area (Å²) in [5.74, 6) is -0.0527. The maximum absolute atomic E-state index is 12.6. The lowest BCUT2D eigenvalue weighted by Gasteiger charge is -2.35. The van der Waals surface area contributed by atoms with Crippen molar-refractivity contribution in [2.75, 3.05) is 18.4 Å². The van der Waals surface area contributed by atoms with Crippen LogP contribution in [0.15, 0.2) is 22.7 Å². The SMILES string of the molecule is CCC1(C(=O)Nc2ccc(Br)c([N+](=O)[O-])c2)CCNCC1. The van der Waals surface area contributed by atoms with E-state index < -0.39 is 4.92 Å². The minimum absolute atomic E-state index is 0.0522. The zero-order chi connectivity index (χ0) is 15.5. The summed E-state index contributed by atoms with van der Waals surface area (Å²) in [5.41, 5.74) is 0.0255. The minimum atomic E-state index is -0.472. The Morgan fingerprint density at radius 1 is 1.48 bits per heavy atom. The number of hydrogen-bond donors (Lipinski definition) is 2. The van der Waals surface area contributed by atoms with Gasteiger partial charge in [-0.3, -0.25) is 14.9 Å². The average molecular weight is 356 g/mol. The Labute approximate surface area is 131 Å². The second-order valence-electron chi connectivity index (χ2n) is 5.26. The first-order valence-corrected chi connectivity index (χ1v) is 7.74. The van der Waals surface area contributed by atoms with E-state index in [1.165, 1.54) is 6.07 Å². The van der Waals surface area contributed by atoms with E-state index in [9.17, 15) is 14.9 Å². The Kier molecular flexibility index (Phi) is 4.95. The van der Waals surface area contributed by atoms with Crippen molar-refractivity contribution in [1.29, 1.82) is 0 Å². The summed E-state index contributed by atoms with van der Waals surface area (Å²) in [6.07, 6.45) is 2.33. The molecule has 0 aromatic heterocycles. The number of anilines is 1. The molecule has 1 aliphatic rings. The highest BCUT2D eigenvalue weighted by Gasteiger charge is 2.37. The van der Waals surface area contributed by atoms with Gasteiger partial charge < -0.3 is 10.6 Å². The fourth-order valence-electron chi connectivity index (χ4n) is 2.64. The lowest BCUT2D eigenvalue weighted by Crippen LogP contribution is -2.44. The van der Waals surface area contributed by atoms with Crippen molar-refractivity contribution in [1.82, 2.24) is 5.32 Å². The van der Waals surface area contributed by atoms with Crippen LogP contribution in [-0.2, 0) is 4.79 Å². The number of amides is 1. The Balaban J connectivity index is 2.19. The largest absolute Gasteiger partial charge is 0.325 e. The Hall–Kier alpha value is -1.47. The zero-order valence-corrected chi connectivity index (χ0v) is 13.4. The van der Waals surface area contributed by atoms with Gasteiger partial charge in [0.25, 0.3) is 5.69 Å². The molecule has 1 aromatic carbocycles. The summed E-state index contributed by atoms with van der Waals surface area (Å²) >= 11 is 3.14. The van der Waals surface area contributed by atoms with E-state index in [-0.39, 0.29) is 17.0 Å². The quantitative estimate of drug-likeness (QED) is 0.641. The number of benzene rings is 1. The molecule has 1 aromatic rings. The highest BCUT2D eigenvalue weighted by Crippen LogP contribution is 2.35. The van der Waals surface area contributed by atoms with Crippen LogP contribution in [0.5, 0.6) is 0 Å². The predicted octanol–water partition coefficient (Wildman–Crippen LogP) is 3.08. The second-order valence-corrected chi connectivity index (χ2v) is 6.12.